The Morgan fingerprint density at radius 1 is 1.09 bits per heavy atom. The average molecular weight is 311 g/mol. The number of nitrogens with zero attached hydrogens (tertiary/aromatic N) is 1. The molecule has 3 N–H and O–H groups in total. The van der Waals surface area contributed by atoms with E-state index >= 15 is 0 Å². The van der Waals surface area contributed by atoms with Crippen molar-refractivity contribution in [1.29, 1.82) is 0 Å². The summed E-state index contributed by atoms with van der Waals surface area (Å²) < 4.78 is 5.53. The van der Waals surface area contributed by atoms with Gasteiger partial charge in [0.05, 0.1) is 5.56 Å². The fraction of sp³-hybridized carbons (Fsp3) is 0.0588. The third-order valence-electron chi connectivity index (χ3n) is 3.30. The predicted octanol–water partition coefficient (Wildman–Crippen LogP) is 2.68. The van der Waals surface area contributed by atoms with Gasteiger partial charge in [0.15, 0.2) is 11.9 Å². The lowest BCUT2D eigenvalue weighted by atomic mass is 10.1. The van der Waals surface area contributed by atoms with E-state index in [0.717, 1.165) is 5.56 Å². The number of carboxylic acids is 1. The van der Waals surface area contributed by atoms with Crippen LogP contribution in [0.2, 0.25) is 0 Å². The highest BCUT2D eigenvalue weighted by Gasteiger charge is 2.08. The monoisotopic (exact) mass is 311 g/mol. The van der Waals surface area contributed by atoms with Gasteiger partial charge in [0.2, 0.25) is 5.89 Å². The first-order chi connectivity index (χ1) is 11.0. The van der Waals surface area contributed by atoms with E-state index in [4.69, 9.17) is 19.7 Å². The van der Waals surface area contributed by atoms with E-state index in [2.05, 4.69) is 4.98 Å². The maximum atomic E-state index is 10.8. The zero-order valence-electron chi connectivity index (χ0n) is 11.9. The fourth-order valence-corrected chi connectivity index (χ4v) is 2.10. The van der Waals surface area contributed by atoms with Gasteiger partial charge >= 0.3 is 5.97 Å². The predicted molar refractivity (Wildman–Crippen MR) is 83.5 cm³/mol. The molecule has 0 fully saturated rings. The van der Waals surface area contributed by atoms with Gasteiger partial charge in [-0.15, -0.1) is 0 Å². The first kappa shape index (κ1) is 15.0. The number of rotatable bonds is 4. The van der Waals surface area contributed by atoms with Crippen molar-refractivity contribution < 1.29 is 24.5 Å². The van der Waals surface area contributed by atoms with Crippen LogP contribution in [0.3, 0.4) is 0 Å². The van der Waals surface area contributed by atoms with Crippen molar-refractivity contribution >= 4 is 29.2 Å². The van der Waals surface area contributed by atoms with Crippen molar-refractivity contribution in [2.24, 2.45) is 0 Å². The van der Waals surface area contributed by atoms with E-state index in [1.54, 1.807) is 42.5 Å². The van der Waals surface area contributed by atoms with Crippen LogP contribution in [-0.4, -0.2) is 26.3 Å². The zero-order valence-corrected chi connectivity index (χ0v) is 11.9. The maximum Gasteiger partial charge on any atom is 0.335 e. The van der Waals surface area contributed by atoms with Crippen LogP contribution in [0.5, 0.6) is 0 Å². The average Bonchev–Trinajstić information content (AvgIpc) is 2.95. The Balaban J connectivity index is 1.84. The molecule has 1 heterocycles. The minimum absolute atomic E-state index is 0.221. The van der Waals surface area contributed by atoms with Crippen LogP contribution < -0.4 is 0 Å². The molecule has 0 radical (unpaired) electrons. The highest BCUT2D eigenvalue weighted by atomic mass is 16.5. The molecule has 0 bridgehead atoms. The second kappa shape index (κ2) is 6.04. The number of aliphatic hydroxyl groups is 2. The van der Waals surface area contributed by atoms with E-state index < -0.39 is 12.3 Å². The van der Waals surface area contributed by atoms with Crippen molar-refractivity contribution in [2.75, 3.05) is 0 Å². The number of fused-ring (bicyclic) bond motifs is 1. The van der Waals surface area contributed by atoms with Gasteiger partial charge in [-0.25, -0.2) is 9.78 Å². The van der Waals surface area contributed by atoms with Crippen LogP contribution in [0, 0.1) is 0 Å². The van der Waals surface area contributed by atoms with Gasteiger partial charge < -0.3 is 19.7 Å². The number of hydrogen-bond acceptors (Lipinski definition) is 5. The molecule has 0 aliphatic carbocycles. The number of aromatic nitrogens is 1. The molecular weight excluding hydrogens is 298 g/mol. The van der Waals surface area contributed by atoms with Gasteiger partial charge in [-0.05, 0) is 35.9 Å². The number of benzene rings is 2. The Kier molecular flexibility index (Phi) is 3.92. The molecule has 0 spiro atoms. The highest BCUT2D eigenvalue weighted by molar-refractivity contribution is 5.88. The summed E-state index contributed by atoms with van der Waals surface area (Å²) in [6, 6.07) is 11.1. The van der Waals surface area contributed by atoms with Gasteiger partial charge in [-0.3, -0.25) is 0 Å². The molecule has 116 valence electrons. The van der Waals surface area contributed by atoms with E-state index in [1.807, 2.05) is 0 Å². The lowest BCUT2D eigenvalue weighted by Crippen LogP contribution is -1.94. The highest BCUT2D eigenvalue weighted by Crippen LogP contribution is 2.21. The molecule has 6 heteroatoms. The van der Waals surface area contributed by atoms with Crippen LogP contribution in [0.15, 0.2) is 46.9 Å². The molecule has 0 aliphatic rings. The first-order valence-electron chi connectivity index (χ1n) is 6.81. The first-order valence-corrected chi connectivity index (χ1v) is 6.81. The Morgan fingerprint density at radius 2 is 1.83 bits per heavy atom. The van der Waals surface area contributed by atoms with Gasteiger partial charge in [0.1, 0.15) is 5.52 Å². The number of oxazole rings is 1. The van der Waals surface area contributed by atoms with Crippen molar-refractivity contribution in [3.05, 3.63) is 65.0 Å². The van der Waals surface area contributed by atoms with Crippen LogP contribution in [0.1, 0.15) is 33.7 Å². The molecule has 0 amide bonds. The van der Waals surface area contributed by atoms with Crippen LogP contribution in [-0.2, 0) is 0 Å². The summed E-state index contributed by atoms with van der Waals surface area (Å²) in [6.45, 7) is 0. The Bertz CT molecular complexity index is 878. The molecule has 2 aromatic carbocycles. The molecule has 0 atom stereocenters. The summed E-state index contributed by atoms with van der Waals surface area (Å²) in [4.78, 5) is 15.0. The van der Waals surface area contributed by atoms with Crippen molar-refractivity contribution in [3.63, 3.8) is 0 Å². The van der Waals surface area contributed by atoms with Crippen molar-refractivity contribution in [3.8, 4) is 0 Å². The van der Waals surface area contributed by atoms with Gasteiger partial charge in [-0.1, -0.05) is 18.2 Å². The summed E-state index contributed by atoms with van der Waals surface area (Å²) >= 11 is 0. The topological polar surface area (TPSA) is 104 Å². The Labute approximate surface area is 130 Å². The number of hydrogen-bond donors (Lipinski definition) is 3. The molecule has 3 rings (SSSR count). The minimum Gasteiger partial charge on any atom is -0.478 e. The van der Waals surface area contributed by atoms with Crippen molar-refractivity contribution in [1.82, 2.24) is 4.98 Å². The van der Waals surface area contributed by atoms with E-state index in [-0.39, 0.29) is 5.56 Å². The summed E-state index contributed by atoms with van der Waals surface area (Å²) in [6.07, 6.45) is 1.85. The van der Waals surface area contributed by atoms with Gasteiger partial charge in [0, 0.05) is 11.6 Å². The SMILES string of the molecule is O=C(O)c1ccc(/C=C/c2nc3cc(C(O)O)ccc3o2)cc1. The second-order valence-corrected chi connectivity index (χ2v) is 4.91. The number of carbonyl (C=O) groups is 1. The second-order valence-electron chi connectivity index (χ2n) is 4.91. The maximum absolute atomic E-state index is 10.8. The summed E-state index contributed by atoms with van der Waals surface area (Å²) in [5.74, 6) is -0.603. The summed E-state index contributed by atoms with van der Waals surface area (Å²) in [5.41, 5.74) is 2.43. The molecule has 0 unspecified atom stereocenters. The van der Waals surface area contributed by atoms with Crippen LogP contribution in [0.25, 0.3) is 23.3 Å². The standard InChI is InChI=1S/C17H13NO5/c19-16(20)11-4-1-10(2-5-11)3-8-15-18-13-9-12(17(21)22)6-7-14(13)23-15/h1-9,17,21-22H,(H,19,20)/b8-3+. The van der Waals surface area contributed by atoms with Gasteiger partial charge in [0.25, 0.3) is 0 Å². The molecule has 0 aliphatic heterocycles. The van der Waals surface area contributed by atoms with Crippen LogP contribution >= 0.6 is 0 Å². The third kappa shape index (κ3) is 3.28. The Morgan fingerprint density at radius 3 is 2.48 bits per heavy atom. The van der Waals surface area contributed by atoms with Crippen molar-refractivity contribution in [2.45, 2.75) is 6.29 Å². The molecule has 0 saturated carbocycles. The number of carboxylic acid groups (broad SMARTS) is 1. The fourth-order valence-electron chi connectivity index (χ4n) is 2.10. The van der Waals surface area contributed by atoms with E-state index in [0.29, 0.717) is 22.6 Å². The summed E-state index contributed by atoms with van der Waals surface area (Å²) in [5, 5.41) is 27.1. The molecular formula is C17H13NO5. The normalized spacial score (nSPS) is 11.6. The number of aliphatic hydroxyl groups excluding tert-OH is 1. The van der Waals surface area contributed by atoms with E-state index in [9.17, 15) is 4.79 Å². The molecule has 3 aromatic rings. The minimum atomic E-state index is -1.55. The lowest BCUT2D eigenvalue weighted by Gasteiger charge is -2.01. The molecule has 23 heavy (non-hydrogen) atoms. The van der Waals surface area contributed by atoms with Gasteiger partial charge in [-0.2, -0.15) is 0 Å². The zero-order chi connectivity index (χ0) is 16.4. The molecule has 0 saturated heterocycles. The molecule has 6 nitrogen and oxygen atoms in total. The quantitative estimate of drug-likeness (QED) is 0.640. The largest absolute Gasteiger partial charge is 0.478 e. The third-order valence-corrected chi connectivity index (χ3v) is 3.30. The lowest BCUT2D eigenvalue weighted by molar-refractivity contribution is -0.0424. The van der Waals surface area contributed by atoms with Crippen LogP contribution in [0.4, 0.5) is 0 Å². The van der Waals surface area contributed by atoms with E-state index in [1.165, 1.54) is 12.1 Å². The smallest absolute Gasteiger partial charge is 0.335 e. The molecule has 1 aromatic heterocycles. The summed E-state index contributed by atoms with van der Waals surface area (Å²) in [7, 11) is 0. The number of aromatic carboxylic acids is 1. The Hall–Kier alpha value is -2.96.